The summed E-state index contributed by atoms with van der Waals surface area (Å²) in [4.78, 5) is 23.3. The summed E-state index contributed by atoms with van der Waals surface area (Å²) >= 11 is 2.24. The molecule has 10 heteroatoms. The smallest absolute Gasteiger partial charge is 0.234 e. The molecule has 2 aromatic rings. The average molecular weight is 372 g/mol. The van der Waals surface area contributed by atoms with Gasteiger partial charge in [-0.2, -0.15) is 0 Å². The van der Waals surface area contributed by atoms with Gasteiger partial charge in [0.25, 0.3) is 0 Å². The highest BCUT2D eigenvalue weighted by molar-refractivity contribution is 8.01. The first-order valence-electron chi connectivity index (χ1n) is 6.87. The fraction of sp³-hybridized carbons (Fsp3) is 0.286. The number of hydrogen-bond donors (Lipinski definition) is 2. The van der Waals surface area contributed by atoms with Gasteiger partial charge in [-0.25, -0.2) is 8.78 Å². The molecule has 0 fully saturated rings. The Balaban J connectivity index is 1.86. The number of halogens is 2. The summed E-state index contributed by atoms with van der Waals surface area (Å²) < 4.78 is 26.7. The molecule has 0 saturated heterocycles. The first-order chi connectivity index (χ1) is 11.3. The molecule has 1 aromatic carbocycles. The molecular weight excluding hydrogens is 358 g/mol. The molecule has 0 aliphatic heterocycles. The maximum absolute atomic E-state index is 13.4. The van der Waals surface area contributed by atoms with Crippen molar-refractivity contribution in [3.05, 3.63) is 29.8 Å². The van der Waals surface area contributed by atoms with E-state index in [2.05, 4.69) is 20.8 Å². The second-order valence-corrected chi connectivity index (χ2v) is 7.18. The molecule has 24 heavy (non-hydrogen) atoms. The summed E-state index contributed by atoms with van der Waals surface area (Å²) in [6, 6.07) is 2.90. The Kier molecular flexibility index (Phi) is 6.21. The van der Waals surface area contributed by atoms with Crippen molar-refractivity contribution in [3.63, 3.8) is 0 Å². The predicted molar refractivity (Wildman–Crippen MR) is 89.1 cm³/mol. The summed E-state index contributed by atoms with van der Waals surface area (Å²) in [5, 5.41) is 13.0. The maximum atomic E-state index is 13.4. The fourth-order valence-corrected chi connectivity index (χ4v) is 3.03. The number of hydrogen-bond acceptors (Lipinski definition) is 6. The van der Waals surface area contributed by atoms with E-state index in [9.17, 15) is 18.4 Å². The lowest BCUT2D eigenvalue weighted by molar-refractivity contribution is -0.119. The molecular formula is C14H14F2N4O2S2. The van der Waals surface area contributed by atoms with Crippen molar-refractivity contribution >= 4 is 45.7 Å². The Hall–Kier alpha value is -2.07. The quantitative estimate of drug-likeness (QED) is 0.601. The molecule has 0 radical (unpaired) electrons. The highest BCUT2D eigenvalue weighted by Gasteiger charge is 2.13. The molecule has 6 nitrogen and oxygen atoms in total. The third-order valence-electron chi connectivity index (χ3n) is 2.69. The van der Waals surface area contributed by atoms with Crippen LogP contribution < -0.4 is 10.6 Å². The summed E-state index contributed by atoms with van der Waals surface area (Å²) in [6.45, 7) is 3.51. The molecule has 0 aliphatic carbocycles. The Bertz CT molecular complexity index is 752. The van der Waals surface area contributed by atoms with Gasteiger partial charge >= 0.3 is 0 Å². The first-order valence-corrected chi connectivity index (χ1v) is 8.67. The number of benzene rings is 1. The zero-order valence-corrected chi connectivity index (χ0v) is 14.4. The molecule has 0 spiro atoms. The number of rotatable bonds is 6. The molecule has 0 aliphatic rings. The van der Waals surface area contributed by atoms with E-state index in [0.717, 1.165) is 35.2 Å². The minimum Gasteiger partial charge on any atom is -0.323 e. The third-order valence-corrected chi connectivity index (χ3v) is 4.66. The van der Waals surface area contributed by atoms with E-state index < -0.39 is 17.5 Å². The summed E-state index contributed by atoms with van der Waals surface area (Å²) in [6.07, 6.45) is 0. The van der Waals surface area contributed by atoms with E-state index in [-0.39, 0.29) is 23.3 Å². The SMILES string of the molecule is CC(C)C(=O)Nc1nnc(SCC(=O)Nc2ccc(F)cc2F)s1. The normalized spacial score (nSPS) is 10.7. The van der Waals surface area contributed by atoms with Crippen molar-refractivity contribution in [2.75, 3.05) is 16.4 Å². The van der Waals surface area contributed by atoms with Gasteiger partial charge in [0.2, 0.25) is 16.9 Å². The van der Waals surface area contributed by atoms with E-state index in [4.69, 9.17) is 0 Å². The molecule has 2 N–H and O–H groups in total. The monoisotopic (exact) mass is 372 g/mol. The zero-order chi connectivity index (χ0) is 17.7. The van der Waals surface area contributed by atoms with Gasteiger partial charge in [-0.15, -0.1) is 10.2 Å². The van der Waals surface area contributed by atoms with Crippen LogP contribution >= 0.6 is 23.1 Å². The van der Waals surface area contributed by atoms with E-state index in [1.807, 2.05) is 0 Å². The molecule has 0 atom stereocenters. The molecule has 128 valence electrons. The molecule has 0 bridgehead atoms. The number of amides is 2. The van der Waals surface area contributed by atoms with Gasteiger partial charge in [0, 0.05) is 12.0 Å². The van der Waals surface area contributed by atoms with Crippen LogP contribution in [0.1, 0.15) is 13.8 Å². The van der Waals surface area contributed by atoms with E-state index in [0.29, 0.717) is 15.5 Å². The van der Waals surface area contributed by atoms with Crippen LogP contribution in [0.2, 0.25) is 0 Å². The molecule has 2 amide bonds. The minimum absolute atomic E-state index is 0.0242. The van der Waals surface area contributed by atoms with Gasteiger partial charge in [-0.3, -0.25) is 9.59 Å². The maximum Gasteiger partial charge on any atom is 0.234 e. The Labute approximate surface area is 145 Å². The van der Waals surface area contributed by atoms with Crippen molar-refractivity contribution in [2.24, 2.45) is 5.92 Å². The standard InChI is InChI=1S/C14H14F2N4O2S2/c1-7(2)12(22)18-13-19-20-14(24-13)23-6-11(21)17-10-4-3-8(15)5-9(10)16/h3-5,7H,6H2,1-2H3,(H,17,21)(H,18,19,22). The van der Waals surface area contributed by atoms with Crippen LogP contribution in [0.25, 0.3) is 0 Å². The highest BCUT2D eigenvalue weighted by Crippen LogP contribution is 2.26. The van der Waals surface area contributed by atoms with E-state index in [1.165, 1.54) is 0 Å². The highest BCUT2D eigenvalue weighted by atomic mass is 32.2. The Morgan fingerprint density at radius 1 is 1.25 bits per heavy atom. The van der Waals surface area contributed by atoms with Crippen molar-refractivity contribution in [1.82, 2.24) is 10.2 Å². The van der Waals surface area contributed by atoms with Gasteiger partial charge in [0.1, 0.15) is 11.6 Å². The van der Waals surface area contributed by atoms with Crippen LogP contribution in [0.3, 0.4) is 0 Å². The lowest BCUT2D eigenvalue weighted by atomic mass is 10.2. The number of anilines is 2. The van der Waals surface area contributed by atoms with Gasteiger partial charge in [-0.1, -0.05) is 36.9 Å². The lowest BCUT2D eigenvalue weighted by Crippen LogP contribution is -2.17. The molecule has 1 aromatic heterocycles. The van der Waals surface area contributed by atoms with Gasteiger partial charge in [0.15, 0.2) is 4.34 Å². The zero-order valence-electron chi connectivity index (χ0n) is 12.8. The summed E-state index contributed by atoms with van der Waals surface area (Å²) in [5.41, 5.74) is -0.0934. The average Bonchev–Trinajstić information content (AvgIpc) is 2.95. The largest absolute Gasteiger partial charge is 0.323 e. The number of nitrogens with zero attached hydrogens (tertiary/aromatic N) is 2. The summed E-state index contributed by atoms with van der Waals surface area (Å²) in [5.74, 6) is -2.40. The number of carbonyl (C=O) groups excluding carboxylic acids is 2. The Morgan fingerprint density at radius 2 is 2.00 bits per heavy atom. The van der Waals surface area contributed by atoms with Crippen molar-refractivity contribution in [1.29, 1.82) is 0 Å². The van der Waals surface area contributed by atoms with Crippen LogP contribution in [0.4, 0.5) is 19.6 Å². The second-order valence-electron chi connectivity index (χ2n) is 4.98. The number of thioether (sulfide) groups is 1. The fourth-order valence-electron chi connectivity index (χ4n) is 1.47. The van der Waals surface area contributed by atoms with Gasteiger partial charge in [-0.05, 0) is 12.1 Å². The topological polar surface area (TPSA) is 84.0 Å². The van der Waals surface area contributed by atoms with Crippen LogP contribution in [0, 0.1) is 17.6 Å². The molecule has 0 saturated carbocycles. The van der Waals surface area contributed by atoms with Gasteiger partial charge < -0.3 is 10.6 Å². The van der Waals surface area contributed by atoms with E-state index in [1.54, 1.807) is 13.8 Å². The van der Waals surface area contributed by atoms with Gasteiger partial charge in [0.05, 0.1) is 11.4 Å². The van der Waals surface area contributed by atoms with Crippen molar-refractivity contribution < 1.29 is 18.4 Å². The predicted octanol–water partition coefficient (Wildman–Crippen LogP) is 3.14. The molecule has 0 unspecified atom stereocenters. The van der Waals surface area contributed by atoms with Crippen LogP contribution in [0.5, 0.6) is 0 Å². The number of nitrogens with one attached hydrogen (secondary N) is 2. The van der Waals surface area contributed by atoms with Crippen LogP contribution in [-0.4, -0.2) is 27.8 Å². The lowest BCUT2D eigenvalue weighted by Gasteiger charge is -2.05. The van der Waals surface area contributed by atoms with Crippen LogP contribution in [-0.2, 0) is 9.59 Å². The molecule has 2 rings (SSSR count). The van der Waals surface area contributed by atoms with Crippen molar-refractivity contribution in [2.45, 2.75) is 18.2 Å². The number of aromatic nitrogens is 2. The first kappa shape index (κ1) is 18.3. The van der Waals surface area contributed by atoms with Crippen LogP contribution in [0.15, 0.2) is 22.5 Å². The summed E-state index contributed by atoms with van der Waals surface area (Å²) in [7, 11) is 0. The second kappa shape index (κ2) is 8.15. The third kappa shape index (κ3) is 5.24. The molecule has 1 heterocycles. The Morgan fingerprint density at radius 3 is 2.67 bits per heavy atom. The minimum atomic E-state index is -0.844. The number of carbonyl (C=O) groups is 2. The van der Waals surface area contributed by atoms with Crippen molar-refractivity contribution in [3.8, 4) is 0 Å². The van der Waals surface area contributed by atoms with E-state index >= 15 is 0 Å².